The van der Waals surface area contributed by atoms with E-state index in [-0.39, 0.29) is 11.7 Å². The monoisotopic (exact) mass is 388 g/mol. The zero-order valence-electron chi connectivity index (χ0n) is 11.8. The van der Waals surface area contributed by atoms with Crippen molar-refractivity contribution in [2.75, 3.05) is 0 Å². The largest absolute Gasteiger partial charge is 0.442 e. The number of aliphatic imine (C=N–C) groups is 2. The molecule has 3 nitrogen and oxygen atoms in total. The highest BCUT2D eigenvalue weighted by atomic mass is 79.9. The van der Waals surface area contributed by atoms with E-state index in [1.54, 1.807) is 12.1 Å². The summed E-state index contributed by atoms with van der Waals surface area (Å²) in [5.74, 6) is 1.37. The van der Waals surface area contributed by atoms with E-state index in [1.807, 2.05) is 18.2 Å². The van der Waals surface area contributed by atoms with Crippen molar-refractivity contribution in [3.05, 3.63) is 63.9 Å². The van der Waals surface area contributed by atoms with E-state index in [2.05, 4.69) is 25.9 Å². The topological polar surface area (TPSA) is 34.0 Å². The van der Waals surface area contributed by atoms with Crippen LogP contribution >= 0.6 is 28.1 Å². The summed E-state index contributed by atoms with van der Waals surface area (Å²) in [6.45, 7) is 0. The summed E-state index contributed by atoms with van der Waals surface area (Å²) >= 11 is 8.90. The predicted molar refractivity (Wildman–Crippen MR) is 94.9 cm³/mol. The molecule has 2 heterocycles. The fourth-order valence-corrected chi connectivity index (χ4v) is 3.31. The first-order valence-electron chi connectivity index (χ1n) is 7.03. The minimum Gasteiger partial charge on any atom is -0.442 e. The Balaban J connectivity index is 1.72. The first-order valence-corrected chi connectivity index (χ1v) is 8.23. The first-order chi connectivity index (χ1) is 11.1. The van der Waals surface area contributed by atoms with Crippen LogP contribution in [0.2, 0.25) is 0 Å². The van der Waals surface area contributed by atoms with Gasteiger partial charge in [-0.2, -0.15) is 4.99 Å². The molecule has 0 radical (unpaired) electrons. The van der Waals surface area contributed by atoms with Gasteiger partial charge in [0.1, 0.15) is 16.6 Å². The van der Waals surface area contributed by atoms with Gasteiger partial charge in [-0.3, -0.25) is 0 Å². The molecule has 2 aliphatic rings. The van der Waals surface area contributed by atoms with Crippen molar-refractivity contribution in [3.8, 4) is 5.75 Å². The zero-order valence-corrected chi connectivity index (χ0v) is 14.2. The van der Waals surface area contributed by atoms with Crippen LogP contribution in [-0.2, 0) is 6.42 Å². The normalized spacial score (nSPS) is 19.2. The summed E-state index contributed by atoms with van der Waals surface area (Å²) in [5, 5.41) is 0. The lowest BCUT2D eigenvalue weighted by Gasteiger charge is -2.28. The number of benzene rings is 2. The Labute approximate surface area is 146 Å². The smallest absolute Gasteiger partial charge is 0.207 e. The van der Waals surface area contributed by atoms with Gasteiger partial charge in [0.05, 0.1) is 5.92 Å². The Kier molecular flexibility index (Phi) is 3.58. The number of hydrogen-bond acceptors (Lipinski definition) is 3. The maximum atomic E-state index is 13.1. The van der Waals surface area contributed by atoms with Crippen LogP contribution in [-0.4, -0.2) is 16.7 Å². The van der Waals surface area contributed by atoms with Crippen LogP contribution in [0.25, 0.3) is 0 Å². The third-order valence-electron chi connectivity index (χ3n) is 3.79. The fraction of sp³-hybridized carbons (Fsp3) is 0.118. The molecule has 0 spiro atoms. The van der Waals surface area contributed by atoms with Crippen molar-refractivity contribution < 1.29 is 9.13 Å². The lowest BCUT2D eigenvalue weighted by molar-refractivity contribution is 0.482. The number of nitrogens with zero attached hydrogens (tertiary/aromatic N) is 2. The van der Waals surface area contributed by atoms with Crippen molar-refractivity contribution in [1.82, 2.24) is 0 Å². The molecule has 2 aliphatic heterocycles. The van der Waals surface area contributed by atoms with E-state index >= 15 is 0 Å². The van der Waals surface area contributed by atoms with Crippen LogP contribution in [0.5, 0.6) is 5.75 Å². The summed E-state index contributed by atoms with van der Waals surface area (Å²) < 4.78 is 20.0. The van der Waals surface area contributed by atoms with Gasteiger partial charge in [-0.25, -0.2) is 9.38 Å². The van der Waals surface area contributed by atoms with Crippen LogP contribution < -0.4 is 4.74 Å². The number of hydrogen-bond donors (Lipinski definition) is 0. The summed E-state index contributed by atoms with van der Waals surface area (Å²) in [6, 6.07) is 11.9. The van der Waals surface area contributed by atoms with Gasteiger partial charge in [-0.05, 0) is 54.4 Å². The minimum absolute atomic E-state index is 0.129. The van der Waals surface area contributed by atoms with Gasteiger partial charge >= 0.3 is 0 Å². The van der Waals surface area contributed by atoms with Gasteiger partial charge < -0.3 is 4.74 Å². The third-order valence-corrected chi connectivity index (χ3v) is 4.66. The Bertz CT molecular complexity index is 877. The maximum Gasteiger partial charge on any atom is 0.207 e. The first kappa shape index (κ1) is 14.7. The SMILES string of the molecule is Fc1ccc(C2=NC(=S)C3Cc4cc(Br)ccc4OC3=N2)cc1. The second kappa shape index (κ2) is 5.62. The van der Waals surface area contributed by atoms with Gasteiger partial charge in [-0.15, -0.1) is 0 Å². The van der Waals surface area contributed by atoms with Gasteiger partial charge in [-0.1, -0.05) is 28.1 Å². The standard InChI is InChI=1S/C17H10BrFN2OS/c18-11-3-6-14-10(7-11)8-13-16(22-14)20-15(21-17(13)23)9-1-4-12(19)5-2-9/h1-7,13H,8H2. The van der Waals surface area contributed by atoms with Gasteiger partial charge in [0.2, 0.25) is 5.90 Å². The number of ether oxygens (including phenoxy) is 1. The molecule has 1 unspecified atom stereocenters. The van der Waals surface area contributed by atoms with Crippen LogP contribution in [0.15, 0.2) is 56.9 Å². The van der Waals surface area contributed by atoms with Gasteiger partial charge in [0.25, 0.3) is 0 Å². The second-order valence-electron chi connectivity index (χ2n) is 5.34. The van der Waals surface area contributed by atoms with Crippen molar-refractivity contribution in [3.63, 3.8) is 0 Å². The molecule has 0 aromatic heterocycles. The molecule has 0 saturated heterocycles. The van der Waals surface area contributed by atoms with Crippen molar-refractivity contribution in [2.45, 2.75) is 6.42 Å². The van der Waals surface area contributed by atoms with Crippen molar-refractivity contribution in [1.29, 1.82) is 0 Å². The molecule has 4 rings (SSSR count). The summed E-state index contributed by atoms with van der Waals surface area (Å²) in [4.78, 5) is 9.45. The molecule has 1 atom stereocenters. The fourth-order valence-electron chi connectivity index (χ4n) is 2.63. The van der Waals surface area contributed by atoms with Crippen molar-refractivity contribution in [2.24, 2.45) is 15.9 Å². The van der Waals surface area contributed by atoms with Gasteiger partial charge in [0, 0.05) is 10.0 Å². The van der Waals surface area contributed by atoms with Gasteiger partial charge in [0.15, 0.2) is 5.84 Å². The molecular weight excluding hydrogens is 379 g/mol. The van der Waals surface area contributed by atoms with E-state index in [0.717, 1.165) is 15.8 Å². The highest BCUT2D eigenvalue weighted by molar-refractivity contribution is 9.10. The molecule has 0 N–H and O–H groups in total. The van der Waals surface area contributed by atoms with E-state index in [4.69, 9.17) is 17.0 Å². The van der Waals surface area contributed by atoms with Crippen LogP contribution in [0, 0.1) is 11.7 Å². The Hall–Kier alpha value is -1.92. The number of thiocarbonyl (C=S) groups is 1. The second-order valence-corrected chi connectivity index (χ2v) is 6.68. The molecule has 2 aromatic carbocycles. The number of halogens is 2. The average molecular weight is 389 g/mol. The van der Waals surface area contributed by atoms with Crippen LogP contribution in [0.1, 0.15) is 11.1 Å². The number of amidine groups is 1. The maximum absolute atomic E-state index is 13.1. The van der Waals surface area contributed by atoms with E-state index < -0.39 is 0 Å². The molecule has 6 heteroatoms. The van der Waals surface area contributed by atoms with Crippen molar-refractivity contribution >= 4 is 44.9 Å². The molecule has 0 saturated carbocycles. The summed E-state index contributed by atoms with van der Waals surface area (Å²) in [7, 11) is 0. The predicted octanol–water partition coefficient (Wildman–Crippen LogP) is 4.33. The number of fused-ring (bicyclic) bond motifs is 2. The highest BCUT2D eigenvalue weighted by Gasteiger charge is 2.33. The van der Waals surface area contributed by atoms with E-state index in [0.29, 0.717) is 28.7 Å². The molecule has 0 amide bonds. The average Bonchev–Trinajstić information content (AvgIpc) is 2.54. The van der Waals surface area contributed by atoms with Crippen LogP contribution in [0.3, 0.4) is 0 Å². The van der Waals surface area contributed by atoms with E-state index in [9.17, 15) is 4.39 Å². The Morgan fingerprint density at radius 3 is 2.70 bits per heavy atom. The molecule has 0 aliphatic carbocycles. The van der Waals surface area contributed by atoms with E-state index in [1.165, 1.54) is 12.1 Å². The summed E-state index contributed by atoms with van der Waals surface area (Å²) in [6.07, 6.45) is 0.715. The zero-order chi connectivity index (χ0) is 16.0. The lowest BCUT2D eigenvalue weighted by Crippen LogP contribution is -2.36. The lowest BCUT2D eigenvalue weighted by atomic mass is 9.94. The highest BCUT2D eigenvalue weighted by Crippen LogP contribution is 2.33. The quantitative estimate of drug-likeness (QED) is 0.681. The Morgan fingerprint density at radius 1 is 1.13 bits per heavy atom. The molecular formula is C17H10BrFN2OS. The molecule has 0 bridgehead atoms. The molecule has 23 heavy (non-hydrogen) atoms. The molecule has 114 valence electrons. The molecule has 0 fully saturated rings. The minimum atomic E-state index is -0.299. The number of rotatable bonds is 1. The third kappa shape index (κ3) is 2.72. The Morgan fingerprint density at radius 2 is 1.91 bits per heavy atom. The molecule has 2 aromatic rings. The summed E-state index contributed by atoms with van der Waals surface area (Å²) in [5.41, 5.74) is 1.79. The van der Waals surface area contributed by atoms with Crippen LogP contribution in [0.4, 0.5) is 4.39 Å².